The second-order valence-corrected chi connectivity index (χ2v) is 5.27. The molecule has 0 amide bonds. The van der Waals surface area contributed by atoms with Gasteiger partial charge in [0, 0.05) is 36.3 Å². The molecule has 4 heteroatoms. The minimum Gasteiger partial charge on any atom is -0.352 e. The highest BCUT2D eigenvalue weighted by molar-refractivity contribution is 5.43. The first-order chi connectivity index (χ1) is 7.99. The first kappa shape index (κ1) is 12.3. The lowest BCUT2D eigenvalue weighted by Gasteiger charge is -2.25. The molecule has 1 aliphatic heterocycles. The van der Waals surface area contributed by atoms with E-state index in [9.17, 15) is 0 Å². The Balaban J connectivity index is 2.32. The molecular weight excluding hydrogens is 212 g/mol. The zero-order chi connectivity index (χ0) is 12.6. The van der Waals surface area contributed by atoms with Gasteiger partial charge in [0.15, 0.2) is 0 Å². The van der Waals surface area contributed by atoms with Crippen molar-refractivity contribution in [2.75, 3.05) is 11.4 Å². The lowest BCUT2D eigenvalue weighted by molar-refractivity contribution is 0.619. The minimum absolute atomic E-state index is 0.257. The van der Waals surface area contributed by atoms with Gasteiger partial charge in [-0.3, -0.25) is 0 Å². The Bertz CT molecular complexity index is 402. The summed E-state index contributed by atoms with van der Waals surface area (Å²) < 4.78 is 0. The summed E-state index contributed by atoms with van der Waals surface area (Å²) in [5.41, 5.74) is 7.09. The molecule has 2 rings (SSSR count). The van der Waals surface area contributed by atoms with Crippen LogP contribution in [0.15, 0.2) is 6.07 Å². The quantitative estimate of drug-likeness (QED) is 0.848. The van der Waals surface area contributed by atoms with Crippen molar-refractivity contribution in [3.8, 4) is 0 Å². The Morgan fingerprint density at radius 1 is 1.41 bits per heavy atom. The van der Waals surface area contributed by atoms with Gasteiger partial charge in [0.1, 0.15) is 11.6 Å². The number of rotatable bonds is 2. The second kappa shape index (κ2) is 4.61. The maximum Gasteiger partial charge on any atom is 0.133 e. The predicted octanol–water partition coefficient (Wildman–Crippen LogP) is 1.83. The molecule has 1 aromatic heterocycles. The van der Waals surface area contributed by atoms with Crippen molar-refractivity contribution in [2.24, 2.45) is 5.73 Å². The first-order valence-electron chi connectivity index (χ1n) is 6.37. The Kier molecular flexibility index (Phi) is 3.33. The fourth-order valence-corrected chi connectivity index (χ4v) is 2.27. The number of nitrogens with two attached hydrogens (primary N) is 1. The van der Waals surface area contributed by atoms with Crippen LogP contribution < -0.4 is 10.6 Å². The van der Waals surface area contributed by atoms with Gasteiger partial charge in [-0.15, -0.1) is 0 Å². The van der Waals surface area contributed by atoms with Gasteiger partial charge in [-0.1, -0.05) is 13.8 Å². The fourth-order valence-electron chi connectivity index (χ4n) is 2.27. The summed E-state index contributed by atoms with van der Waals surface area (Å²) in [4.78, 5) is 11.4. The van der Waals surface area contributed by atoms with Crippen molar-refractivity contribution in [3.05, 3.63) is 17.6 Å². The highest BCUT2D eigenvalue weighted by Gasteiger charge is 2.29. The Morgan fingerprint density at radius 3 is 2.65 bits per heavy atom. The van der Waals surface area contributed by atoms with E-state index in [-0.39, 0.29) is 6.04 Å². The molecule has 2 unspecified atom stereocenters. The van der Waals surface area contributed by atoms with Crippen LogP contribution in [0.4, 0.5) is 5.82 Å². The molecule has 94 valence electrons. The third kappa shape index (κ3) is 2.41. The topological polar surface area (TPSA) is 55.0 Å². The van der Waals surface area contributed by atoms with Gasteiger partial charge in [-0.2, -0.15) is 0 Å². The van der Waals surface area contributed by atoms with Crippen molar-refractivity contribution in [1.29, 1.82) is 0 Å². The summed E-state index contributed by atoms with van der Waals surface area (Å²) in [7, 11) is 0. The van der Waals surface area contributed by atoms with Crippen LogP contribution in [-0.2, 0) is 0 Å². The third-order valence-corrected chi connectivity index (χ3v) is 3.48. The molecule has 0 bridgehead atoms. The zero-order valence-corrected chi connectivity index (χ0v) is 11.1. The van der Waals surface area contributed by atoms with E-state index >= 15 is 0 Å². The zero-order valence-electron chi connectivity index (χ0n) is 11.1. The molecule has 1 aromatic rings. The number of anilines is 1. The molecule has 0 spiro atoms. The molecular formula is C13H22N4. The highest BCUT2D eigenvalue weighted by atomic mass is 15.3. The summed E-state index contributed by atoms with van der Waals surface area (Å²) in [6.07, 6.45) is 1.04. The number of nitrogens with zero attached hydrogens (tertiary/aromatic N) is 3. The molecule has 1 aliphatic rings. The predicted molar refractivity (Wildman–Crippen MR) is 70.3 cm³/mol. The normalized spacial score (nSPS) is 24.7. The summed E-state index contributed by atoms with van der Waals surface area (Å²) in [5.74, 6) is 2.31. The molecule has 1 saturated heterocycles. The van der Waals surface area contributed by atoms with Gasteiger partial charge in [-0.25, -0.2) is 9.97 Å². The van der Waals surface area contributed by atoms with Crippen LogP contribution >= 0.6 is 0 Å². The average molecular weight is 234 g/mol. The van der Waals surface area contributed by atoms with E-state index in [2.05, 4.69) is 41.7 Å². The van der Waals surface area contributed by atoms with Crippen molar-refractivity contribution in [2.45, 2.75) is 52.1 Å². The van der Waals surface area contributed by atoms with E-state index < -0.39 is 0 Å². The lowest BCUT2D eigenvalue weighted by Crippen LogP contribution is -2.37. The van der Waals surface area contributed by atoms with Crippen LogP contribution in [0, 0.1) is 6.92 Å². The minimum atomic E-state index is 0.257. The molecule has 0 aromatic carbocycles. The molecule has 2 N–H and O–H groups in total. The monoisotopic (exact) mass is 234 g/mol. The van der Waals surface area contributed by atoms with Crippen molar-refractivity contribution >= 4 is 5.82 Å². The number of hydrogen-bond donors (Lipinski definition) is 1. The smallest absolute Gasteiger partial charge is 0.133 e. The Morgan fingerprint density at radius 2 is 2.12 bits per heavy atom. The van der Waals surface area contributed by atoms with Crippen LogP contribution in [0.1, 0.15) is 44.6 Å². The first-order valence-corrected chi connectivity index (χ1v) is 6.37. The van der Waals surface area contributed by atoms with Gasteiger partial charge in [0.25, 0.3) is 0 Å². The van der Waals surface area contributed by atoms with E-state index in [1.54, 1.807) is 0 Å². The largest absolute Gasteiger partial charge is 0.352 e. The average Bonchev–Trinajstić information content (AvgIpc) is 2.59. The molecule has 17 heavy (non-hydrogen) atoms. The number of hydrogen-bond acceptors (Lipinski definition) is 4. The number of aromatic nitrogens is 2. The Labute approximate surface area is 103 Å². The maximum atomic E-state index is 6.06. The van der Waals surface area contributed by atoms with Crippen molar-refractivity contribution in [1.82, 2.24) is 9.97 Å². The third-order valence-electron chi connectivity index (χ3n) is 3.48. The fraction of sp³-hybridized carbons (Fsp3) is 0.692. The second-order valence-electron chi connectivity index (χ2n) is 5.27. The SMILES string of the molecule is Cc1cc(N2CCC(N)C2C)nc(C(C)C)n1. The van der Waals surface area contributed by atoms with E-state index in [0.29, 0.717) is 12.0 Å². The van der Waals surface area contributed by atoms with Crippen LogP contribution in [0.2, 0.25) is 0 Å². The summed E-state index contributed by atoms with van der Waals surface area (Å²) >= 11 is 0. The molecule has 4 nitrogen and oxygen atoms in total. The van der Waals surface area contributed by atoms with Gasteiger partial charge in [-0.05, 0) is 20.3 Å². The van der Waals surface area contributed by atoms with E-state index in [1.807, 2.05) is 6.92 Å². The molecule has 0 radical (unpaired) electrons. The standard InChI is InChI=1S/C13H22N4/c1-8(2)13-15-9(3)7-12(16-13)17-6-5-11(14)10(17)4/h7-8,10-11H,5-6,14H2,1-4H3. The van der Waals surface area contributed by atoms with E-state index in [1.165, 1.54) is 0 Å². The van der Waals surface area contributed by atoms with Gasteiger partial charge >= 0.3 is 0 Å². The van der Waals surface area contributed by atoms with Crippen molar-refractivity contribution < 1.29 is 0 Å². The van der Waals surface area contributed by atoms with Gasteiger partial charge in [0.2, 0.25) is 0 Å². The molecule has 2 heterocycles. The summed E-state index contributed by atoms with van der Waals surface area (Å²) in [6, 6.07) is 2.68. The van der Waals surface area contributed by atoms with Crippen molar-refractivity contribution in [3.63, 3.8) is 0 Å². The molecule has 1 fully saturated rings. The molecule has 2 atom stereocenters. The maximum absolute atomic E-state index is 6.06. The van der Waals surface area contributed by atoms with Crippen LogP contribution in [0.25, 0.3) is 0 Å². The highest BCUT2D eigenvalue weighted by Crippen LogP contribution is 2.24. The van der Waals surface area contributed by atoms with Crippen LogP contribution in [0.5, 0.6) is 0 Å². The number of aryl methyl sites for hydroxylation is 1. The molecule has 0 saturated carbocycles. The lowest BCUT2D eigenvalue weighted by atomic mass is 10.1. The van der Waals surface area contributed by atoms with Crippen LogP contribution in [-0.4, -0.2) is 28.6 Å². The summed E-state index contributed by atoms with van der Waals surface area (Å²) in [5, 5.41) is 0. The van der Waals surface area contributed by atoms with E-state index in [0.717, 1.165) is 30.3 Å². The summed E-state index contributed by atoms with van der Waals surface area (Å²) in [6.45, 7) is 9.44. The Hall–Kier alpha value is -1.16. The van der Waals surface area contributed by atoms with Crippen LogP contribution in [0.3, 0.4) is 0 Å². The molecule has 0 aliphatic carbocycles. The van der Waals surface area contributed by atoms with Gasteiger partial charge < -0.3 is 10.6 Å². The van der Waals surface area contributed by atoms with Gasteiger partial charge in [0.05, 0.1) is 0 Å². The van der Waals surface area contributed by atoms with E-state index in [4.69, 9.17) is 5.73 Å².